The van der Waals surface area contributed by atoms with Gasteiger partial charge in [-0.25, -0.2) is 4.79 Å². The van der Waals surface area contributed by atoms with Gasteiger partial charge in [0.15, 0.2) is 0 Å². The molecule has 3 aromatic carbocycles. The van der Waals surface area contributed by atoms with Gasteiger partial charge in [-0.2, -0.15) is 0 Å². The fourth-order valence-electron chi connectivity index (χ4n) is 3.44. The third-order valence-corrected chi connectivity index (χ3v) is 4.74. The fraction of sp³-hybridized carbons (Fsp3) is 0. The average molecular weight is 370 g/mol. The number of imidazole rings is 1. The maximum Gasteiger partial charge on any atom is 0.343 e. The van der Waals surface area contributed by atoms with E-state index >= 15 is 0 Å². The summed E-state index contributed by atoms with van der Waals surface area (Å²) in [5, 5.41) is 10.8. The lowest BCUT2D eigenvalue weighted by molar-refractivity contribution is 0.0737. The van der Waals surface area contributed by atoms with E-state index in [1.54, 1.807) is 36.4 Å². The monoisotopic (exact) mass is 370 g/mol. The van der Waals surface area contributed by atoms with Gasteiger partial charge >= 0.3 is 5.97 Å². The summed E-state index contributed by atoms with van der Waals surface area (Å²) < 4.78 is 7.03. The number of hydrogen-bond donors (Lipinski definition) is 2. The number of benzene rings is 3. The summed E-state index contributed by atoms with van der Waals surface area (Å²) in [7, 11) is 0. The van der Waals surface area contributed by atoms with Gasteiger partial charge in [0, 0.05) is 5.39 Å². The van der Waals surface area contributed by atoms with Crippen molar-refractivity contribution in [2.75, 3.05) is 0 Å². The largest absolute Gasteiger partial charge is 0.507 e. The van der Waals surface area contributed by atoms with Crippen LogP contribution in [-0.2, 0) is 0 Å². The number of aromatic nitrogens is 2. The molecule has 0 aliphatic heterocycles. The molecule has 0 spiro atoms. The minimum absolute atomic E-state index is 0.0978. The van der Waals surface area contributed by atoms with E-state index in [9.17, 15) is 14.7 Å². The normalized spacial score (nSPS) is 11.3. The van der Waals surface area contributed by atoms with E-state index in [-0.39, 0.29) is 22.4 Å². The first-order chi connectivity index (χ1) is 13.6. The number of phenolic OH excluding ortho intramolecular Hbond substituents is 1. The number of fused-ring (bicyclic) bond motifs is 4. The van der Waals surface area contributed by atoms with Crippen LogP contribution in [0.4, 0.5) is 0 Å². The molecule has 0 radical (unpaired) electrons. The number of aromatic hydroxyl groups is 1. The van der Waals surface area contributed by atoms with Gasteiger partial charge in [0.1, 0.15) is 17.1 Å². The lowest BCUT2D eigenvalue weighted by atomic mass is 10.1. The Bertz CT molecular complexity index is 1430. The van der Waals surface area contributed by atoms with Crippen LogP contribution in [-0.4, -0.2) is 20.5 Å². The number of hydrogen-bond acceptors (Lipinski definition) is 4. The number of nitrogens with one attached hydrogen (secondary N) is 1. The van der Waals surface area contributed by atoms with Gasteiger partial charge in [-0.15, -0.1) is 0 Å². The van der Waals surface area contributed by atoms with Crippen molar-refractivity contribution in [1.82, 2.24) is 9.38 Å². The quantitative estimate of drug-likeness (QED) is 0.365. The lowest BCUT2D eigenvalue weighted by Gasteiger charge is -2.09. The molecule has 136 valence electrons. The molecule has 2 heterocycles. The molecular formula is C22H14N2O4. The number of rotatable bonds is 2. The summed E-state index contributed by atoms with van der Waals surface area (Å²) in [5.74, 6) is -0.497. The smallest absolute Gasteiger partial charge is 0.343 e. The minimum atomic E-state index is -0.538. The molecule has 5 rings (SSSR count). The second kappa shape index (κ2) is 5.99. The van der Waals surface area contributed by atoms with Gasteiger partial charge in [0.2, 0.25) is 0 Å². The molecule has 5 aromatic rings. The number of carbonyl (C=O) groups excluding carboxylic acids is 1. The summed E-state index contributed by atoms with van der Waals surface area (Å²) in [4.78, 5) is 28.8. The van der Waals surface area contributed by atoms with Gasteiger partial charge in [-0.1, -0.05) is 30.3 Å². The second-order valence-corrected chi connectivity index (χ2v) is 6.44. The van der Waals surface area contributed by atoms with E-state index in [0.29, 0.717) is 22.1 Å². The predicted octanol–water partition coefficient (Wildman–Crippen LogP) is 3.86. The first-order valence-electron chi connectivity index (χ1n) is 8.69. The van der Waals surface area contributed by atoms with E-state index in [4.69, 9.17) is 4.74 Å². The predicted molar refractivity (Wildman–Crippen MR) is 106 cm³/mol. The lowest BCUT2D eigenvalue weighted by Crippen LogP contribution is -2.14. The number of phenols is 1. The summed E-state index contributed by atoms with van der Waals surface area (Å²) in [6.07, 6.45) is 0. The molecular weight excluding hydrogens is 356 g/mol. The molecule has 6 heteroatoms. The minimum Gasteiger partial charge on any atom is -0.507 e. The maximum atomic E-state index is 13.1. The molecule has 0 aliphatic carbocycles. The molecule has 0 bridgehead atoms. The second-order valence-electron chi connectivity index (χ2n) is 6.44. The number of para-hydroxylation sites is 2. The Morgan fingerprint density at radius 2 is 1.71 bits per heavy atom. The summed E-state index contributed by atoms with van der Waals surface area (Å²) in [5.41, 5.74) is 2.04. The Morgan fingerprint density at radius 1 is 0.964 bits per heavy atom. The van der Waals surface area contributed by atoms with Crippen molar-refractivity contribution in [2.45, 2.75) is 0 Å². The third-order valence-electron chi connectivity index (χ3n) is 4.74. The number of H-pyrrole nitrogens is 1. The zero-order valence-electron chi connectivity index (χ0n) is 14.5. The summed E-state index contributed by atoms with van der Waals surface area (Å²) >= 11 is 0. The van der Waals surface area contributed by atoms with Crippen LogP contribution in [0, 0.1) is 0 Å². The number of pyridine rings is 1. The molecule has 0 unspecified atom stereocenters. The number of aromatic amines is 1. The highest BCUT2D eigenvalue weighted by Crippen LogP contribution is 2.32. The highest BCUT2D eigenvalue weighted by Gasteiger charge is 2.17. The van der Waals surface area contributed by atoms with Crippen LogP contribution in [0.2, 0.25) is 0 Å². The average Bonchev–Trinajstić information content (AvgIpc) is 3.09. The van der Waals surface area contributed by atoms with E-state index in [0.717, 1.165) is 5.52 Å². The van der Waals surface area contributed by atoms with Crippen molar-refractivity contribution in [2.24, 2.45) is 0 Å². The first kappa shape index (κ1) is 16.1. The zero-order valence-corrected chi connectivity index (χ0v) is 14.5. The van der Waals surface area contributed by atoms with Crippen molar-refractivity contribution in [3.63, 3.8) is 0 Å². The number of nitrogens with zero attached hydrogens (tertiary/aromatic N) is 1. The van der Waals surface area contributed by atoms with Crippen LogP contribution in [0.15, 0.2) is 77.6 Å². The molecule has 0 amide bonds. The Labute approximate surface area is 158 Å². The molecule has 0 saturated carbocycles. The SMILES string of the molecule is O=C(Oc1ccc(O)c2c(=O)n3c(cc12)[nH]c1ccccc13)c1ccccc1. The Balaban J connectivity index is 1.76. The number of carbonyl (C=O) groups is 1. The number of ether oxygens (including phenoxy) is 1. The molecule has 0 atom stereocenters. The van der Waals surface area contributed by atoms with Crippen LogP contribution < -0.4 is 10.3 Å². The topological polar surface area (TPSA) is 83.8 Å². The van der Waals surface area contributed by atoms with E-state index in [2.05, 4.69) is 4.98 Å². The third kappa shape index (κ3) is 2.35. The van der Waals surface area contributed by atoms with Crippen molar-refractivity contribution < 1.29 is 14.6 Å². The molecule has 2 N–H and O–H groups in total. The highest BCUT2D eigenvalue weighted by molar-refractivity contribution is 5.99. The molecule has 0 aliphatic rings. The maximum absolute atomic E-state index is 13.1. The van der Waals surface area contributed by atoms with Crippen LogP contribution in [0.1, 0.15) is 10.4 Å². The number of esters is 1. The Hall–Kier alpha value is -4.06. The fourth-order valence-corrected chi connectivity index (χ4v) is 3.44. The molecule has 2 aromatic heterocycles. The van der Waals surface area contributed by atoms with Crippen molar-refractivity contribution >= 4 is 33.4 Å². The molecule has 0 saturated heterocycles. The van der Waals surface area contributed by atoms with Crippen molar-refractivity contribution in [1.29, 1.82) is 0 Å². The van der Waals surface area contributed by atoms with E-state index in [1.807, 2.05) is 24.3 Å². The zero-order chi connectivity index (χ0) is 19.3. The van der Waals surface area contributed by atoms with Gasteiger partial charge in [-0.3, -0.25) is 9.20 Å². The molecule has 6 nitrogen and oxygen atoms in total. The van der Waals surface area contributed by atoms with Crippen LogP contribution in [0.25, 0.3) is 27.5 Å². The van der Waals surface area contributed by atoms with Gasteiger partial charge in [0.25, 0.3) is 5.56 Å². The summed E-state index contributed by atoms with van der Waals surface area (Å²) in [6, 6.07) is 20.5. The van der Waals surface area contributed by atoms with Gasteiger partial charge < -0.3 is 14.8 Å². The van der Waals surface area contributed by atoms with Crippen LogP contribution >= 0.6 is 0 Å². The Kier molecular flexibility index (Phi) is 3.45. The first-order valence-corrected chi connectivity index (χ1v) is 8.69. The highest BCUT2D eigenvalue weighted by atomic mass is 16.5. The van der Waals surface area contributed by atoms with Crippen LogP contribution in [0.3, 0.4) is 0 Å². The van der Waals surface area contributed by atoms with Crippen molar-refractivity contribution in [3.05, 3.63) is 88.7 Å². The van der Waals surface area contributed by atoms with E-state index < -0.39 is 5.97 Å². The van der Waals surface area contributed by atoms with Crippen LogP contribution in [0.5, 0.6) is 11.5 Å². The molecule has 0 fully saturated rings. The van der Waals surface area contributed by atoms with Crippen molar-refractivity contribution in [3.8, 4) is 11.5 Å². The summed E-state index contributed by atoms with van der Waals surface area (Å²) in [6.45, 7) is 0. The van der Waals surface area contributed by atoms with E-state index in [1.165, 1.54) is 16.5 Å². The Morgan fingerprint density at radius 3 is 2.54 bits per heavy atom. The van der Waals surface area contributed by atoms with Gasteiger partial charge in [0.05, 0.1) is 22.0 Å². The molecule has 28 heavy (non-hydrogen) atoms. The van der Waals surface area contributed by atoms with Gasteiger partial charge in [-0.05, 0) is 42.5 Å². The standard InChI is InChI=1S/C22H14N2O4/c25-17-10-11-18(28-22(27)13-6-2-1-3-7-13)14-12-19-23-15-8-4-5-9-16(15)24(19)21(26)20(14)17/h1-12,23,25H.